The molecule has 1 aliphatic rings. The minimum absolute atomic E-state index is 0.130. The lowest BCUT2D eigenvalue weighted by molar-refractivity contribution is 0.434. The highest BCUT2D eigenvalue weighted by molar-refractivity contribution is 6.03. The Morgan fingerprint density at radius 3 is 2.64 bits per heavy atom. The molecule has 28 heavy (non-hydrogen) atoms. The van der Waals surface area contributed by atoms with Crippen LogP contribution in [0, 0.1) is 5.92 Å². The van der Waals surface area contributed by atoms with Crippen LogP contribution in [0.3, 0.4) is 0 Å². The van der Waals surface area contributed by atoms with Crippen molar-refractivity contribution in [3.63, 3.8) is 0 Å². The summed E-state index contributed by atoms with van der Waals surface area (Å²) in [6, 6.07) is 16.3. The Labute approximate surface area is 163 Å². The minimum atomic E-state index is -0.130. The molecule has 0 unspecified atom stereocenters. The zero-order chi connectivity index (χ0) is 19.1. The summed E-state index contributed by atoms with van der Waals surface area (Å²) in [7, 11) is 0. The number of fused-ring (bicyclic) bond motifs is 2. The van der Waals surface area contributed by atoms with Crippen LogP contribution in [0.2, 0.25) is 0 Å². The third-order valence-electron chi connectivity index (χ3n) is 5.76. The second kappa shape index (κ2) is 6.75. The van der Waals surface area contributed by atoms with Gasteiger partial charge in [-0.25, -0.2) is 4.98 Å². The summed E-state index contributed by atoms with van der Waals surface area (Å²) in [5.41, 5.74) is 2.27. The normalized spacial score (nSPS) is 15.4. The van der Waals surface area contributed by atoms with Gasteiger partial charge in [-0.1, -0.05) is 49.4 Å². The van der Waals surface area contributed by atoms with E-state index in [4.69, 9.17) is 4.98 Å². The van der Waals surface area contributed by atoms with Crippen molar-refractivity contribution in [2.24, 2.45) is 5.92 Å². The van der Waals surface area contributed by atoms with E-state index in [1.54, 1.807) is 6.20 Å². The predicted octanol–water partition coefficient (Wildman–Crippen LogP) is 4.37. The lowest BCUT2D eigenvalue weighted by Crippen LogP contribution is -2.35. The van der Waals surface area contributed by atoms with E-state index in [2.05, 4.69) is 46.1 Å². The molecule has 1 fully saturated rings. The molecule has 5 nitrogen and oxygen atoms in total. The molecule has 5 rings (SSSR count). The fraction of sp³-hybridized carbons (Fsp3) is 0.261. The molecule has 1 saturated heterocycles. The average molecular weight is 370 g/mol. The first-order chi connectivity index (χ1) is 13.7. The van der Waals surface area contributed by atoms with Crippen molar-refractivity contribution >= 4 is 27.8 Å². The minimum Gasteiger partial charge on any atom is -0.342 e. The summed E-state index contributed by atoms with van der Waals surface area (Å²) in [5.74, 6) is 1.35. The van der Waals surface area contributed by atoms with Crippen LogP contribution in [0.1, 0.15) is 19.8 Å². The zero-order valence-electron chi connectivity index (χ0n) is 15.9. The molecule has 0 radical (unpaired) electrons. The summed E-state index contributed by atoms with van der Waals surface area (Å²) < 4.78 is 0. The number of nitrogens with zero attached hydrogens (tertiary/aromatic N) is 3. The van der Waals surface area contributed by atoms with Crippen molar-refractivity contribution in [1.82, 2.24) is 15.0 Å². The van der Waals surface area contributed by atoms with Gasteiger partial charge in [0.2, 0.25) is 5.95 Å². The van der Waals surface area contributed by atoms with Crippen LogP contribution in [-0.4, -0.2) is 28.0 Å². The summed E-state index contributed by atoms with van der Waals surface area (Å²) >= 11 is 0. The van der Waals surface area contributed by atoms with Crippen LogP contribution in [0.25, 0.3) is 32.9 Å². The number of H-pyrrole nitrogens is 1. The number of pyridine rings is 1. The quantitative estimate of drug-likeness (QED) is 0.569. The molecule has 140 valence electrons. The summed E-state index contributed by atoms with van der Waals surface area (Å²) in [6.07, 6.45) is 3.98. The molecule has 2 aromatic heterocycles. The smallest absolute Gasteiger partial charge is 0.262 e. The molecule has 1 aliphatic heterocycles. The van der Waals surface area contributed by atoms with Gasteiger partial charge in [-0.3, -0.25) is 9.78 Å². The highest BCUT2D eigenvalue weighted by Gasteiger charge is 2.20. The molecule has 1 N–H and O–H groups in total. The Kier molecular flexibility index (Phi) is 4.08. The number of nitrogens with one attached hydrogen (secondary N) is 1. The monoisotopic (exact) mass is 370 g/mol. The number of hydrogen-bond donors (Lipinski definition) is 1. The highest BCUT2D eigenvalue weighted by atomic mass is 16.1. The van der Waals surface area contributed by atoms with Gasteiger partial charge < -0.3 is 4.90 Å². The zero-order valence-corrected chi connectivity index (χ0v) is 15.9. The number of piperidine rings is 1. The Balaban J connectivity index is 1.68. The molecule has 3 heterocycles. The van der Waals surface area contributed by atoms with Gasteiger partial charge in [-0.15, -0.1) is 0 Å². The van der Waals surface area contributed by atoms with Crippen molar-refractivity contribution in [1.29, 1.82) is 0 Å². The number of rotatable bonds is 2. The number of benzene rings is 2. The summed E-state index contributed by atoms with van der Waals surface area (Å²) in [5, 5.41) is 2.81. The van der Waals surface area contributed by atoms with E-state index in [1.807, 2.05) is 24.3 Å². The average Bonchev–Trinajstić information content (AvgIpc) is 2.73. The van der Waals surface area contributed by atoms with Crippen LogP contribution in [0.4, 0.5) is 5.95 Å². The number of aromatic nitrogens is 3. The van der Waals surface area contributed by atoms with Crippen LogP contribution in [-0.2, 0) is 0 Å². The van der Waals surface area contributed by atoms with Gasteiger partial charge in [0.25, 0.3) is 5.56 Å². The molecule has 0 amide bonds. The van der Waals surface area contributed by atoms with E-state index in [1.165, 1.54) is 0 Å². The molecule has 2 aromatic carbocycles. The summed E-state index contributed by atoms with van der Waals surface area (Å²) in [4.78, 5) is 27.4. The lowest BCUT2D eigenvalue weighted by Gasteiger charge is -2.30. The van der Waals surface area contributed by atoms with E-state index < -0.39 is 0 Å². The standard InChI is InChI=1S/C23H22N4O/c1-15-10-13-27(14-11-15)23-25-21-20(22(28)26-23)19(9-12-24-21)18-8-4-6-16-5-2-3-7-17(16)18/h2-9,12,15H,10-11,13-14H2,1H3,(H,24,25,26,28). The van der Waals surface area contributed by atoms with Crippen molar-refractivity contribution in [2.45, 2.75) is 19.8 Å². The first kappa shape index (κ1) is 16.9. The second-order valence-corrected chi connectivity index (χ2v) is 7.64. The molecule has 0 atom stereocenters. The highest BCUT2D eigenvalue weighted by Crippen LogP contribution is 2.31. The number of anilines is 1. The Morgan fingerprint density at radius 2 is 1.79 bits per heavy atom. The molecular formula is C23H22N4O. The fourth-order valence-electron chi connectivity index (χ4n) is 4.11. The largest absolute Gasteiger partial charge is 0.342 e. The Bertz CT molecular complexity index is 1220. The third-order valence-corrected chi connectivity index (χ3v) is 5.76. The van der Waals surface area contributed by atoms with Gasteiger partial charge >= 0.3 is 0 Å². The van der Waals surface area contributed by atoms with Crippen molar-refractivity contribution < 1.29 is 0 Å². The van der Waals surface area contributed by atoms with Gasteiger partial charge in [-0.2, -0.15) is 4.98 Å². The van der Waals surface area contributed by atoms with Crippen molar-refractivity contribution in [3.8, 4) is 11.1 Å². The first-order valence-electron chi connectivity index (χ1n) is 9.83. The molecule has 0 aliphatic carbocycles. The van der Waals surface area contributed by atoms with Gasteiger partial charge in [0.1, 0.15) is 0 Å². The maximum absolute atomic E-state index is 13.1. The Morgan fingerprint density at radius 1 is 1.00 bits per heavy atom. The SMILES string of the molecule is CC1CCN(c2nc3nccc(-c4cccc5ccccc45)c3c(=O)[nH]2)CC1. The topological polar surface area (TPSA) is 61.9 Å². The van der Waals surface area contributed by atoms with Gasteiger partial charge in [0.05, 0.1) is 5.39 Å². The first-order valence-corrected chi connectivity index (χ1v) is 9.83. The van der Waals surface area contributed by atoms with E-state index >= 15 is 0 Å². The lowest BCUT2D eigenvalue weighted by atomic mass is 9.97. The second-order valence-electron chi connectivity index (χ2n) is 7.64. The van der Waals surface area contributed by atoms with Crippen LogP contribution >= 0.6 is 0 Å². The number of aromatic amines is 1. The molecule has 0 saturated carbocycles. The fourth-order valence-corrected chi connectivity index (χ4v) is 4.11. The maximum atomic E-state index is 13.1. The molecule has 4 aromatic rings. The van der Waals surface area contributed by atoms with E-state index in [0.717, 1.165) is 53.7 Å². The molecule has 5 heteroatoms. The van der Waals surface area contributed by atoms with Crippen LogP contribution in [0.5, 0.6) is 0 Å². The van der Waals surface area contributed by atoms with Gasteiger partial charge in [-0.05, 0) is 41.2 Å². The van der Waals surface area contributed by atoms with E-state index in [9.17, 15) is 4.79 Å². The van der Waals surface area contributed by atoms with E-state index in [-0.39, 0.29) is 5.56 Å². The maximum Gasteiger partial charge on any atom is 0.262 e. The van der Waals surface area contributed by atoms with Crippen LogP contribution in [0.15, 0.2) is 59.5 Å². The van der Waals surface area contributed by atoms with Crippen molar-refractivity contribution in [2.75, 3.05) is 18.0 Å². The van der Waals surface area contributed by atoms with Crippen LogP contribution < -0.4 is 10.5 Å². The molecule has 0 bridgehead atoms. The Hall–Kier alpha value is -3.21. The van der Waals surface area contributed by atoms with Gasteiger partial charge in [0, 0.05) is 24.8 Å². The van der Waals surface area contributed by atoms with Gasteiger partial charge in [0.15, 0.2) is 5.65 Å². The van der Waals surface area contributed by atoms with Crippen molar-refractivity contribution in [3.05, 3.63) is 65.1 Å². The summed E-state index contributed by atoms with van der Waals surface area (Å²) in [6.45, 7) is 4.10. The molecular weight excluding hydrogens is 348 g/mol. The molecule has 0 spiro atoms. The van der Waals surface area contributed by atoms with E-state index in [0.29, 0.717) is 17.0 Å². The third kappa shape index (κ3) is 2.83. The predicted molar refractivity (Wildman–Crippen MR) is 114 cm³/mol. The number of hydrogen-bond acceptors (Lipinski definition) is 4.